The van der Waals surface area contributed by atoms with Crippen molar-refractivity contribution < 1.29 is 33.2 Å². The van der Waals surface area contributed by atoms with E-state index in [1.165, 1.54) is 4.57 Å². The molecule has 11 nitrogen and oxygen atoms in total. The summed E-state index contributed by atoms with van der Waals surface area (Å²) in [5.74, 6) is -4.26. The number of aliphatic carboxylic acids is 1. The predicted octanol–water partition coefficient (Wildman–Crippen LogP) is 3.21. The van der Waals surface area contributed by atoms with Crippen molar-refractivity contribution in [2.45, 2.75) is 58.7 Å². The number of rotatable bonds is 4. The maximum Gasteiger partial charge on any atom is 0.341 e. The van der Waals surface area contributed by atoms with Crippen LogP contribution in [0.5, 0.6) is 0 Å². The Bertz CT molecular complexity index is 1710. The lowest BCUT2D eigenvalue weighted by Crippen LogP contribution is -2.66. The second-order valence-electron chi connectivity index (χ2n) is 11.6. The number of hydrogen-bond acceptors (Lipinski definition) is 7. The fraction of sp³-hybridized carbons (Fsp3) is 0.429. The van der Waals surface area contributed by atoms with Crippen molar-refractivity contribution >= 4 is 40.1 Å². The van der Waals surface area contributed by atoms with Gasteiger partial charge in [-0.3, -0.25) is 9.69 Å². The van der Waals surface area contributed by atoms with Crippen LogP contribution < -0.4 is 16.1 Å². The van der Waals surface area contributed by atoms with Gasteiger partial charge in [-0.2, -0.15) is 4.59 Å². The molecule has 1 saturated carbocycles. The van der Waals surface area contributed by atoms with Gasteiger partial charge in [0.1, 0.15) is 28.9 Å². The zero-order valence-corrected chi connectivity index (χ0v) is 23.1. The Labute approximate surface area is 233 Å². The molecule has 3 atom stereocenters. The highest BCUT2D eigenvalue weighted by molar-refractivity contribution is 6.20. The van der Waals surface area contributed by atoms with E-state index in [9.17, 15) is 24.6 Å². The third-order valence-corrected chi connectivity index (χ3v) is 8.93. The number of nitrogens with zero attached hydrogens (tertiary/aromatic N) is 5. The number of piperazine rings is 1. The molecule has 41 heavy (non-hydrogen) atoms. The highest BCUT2D eigenvalue weighted by Crippen LogP contribution is 2.44. The van der Waals surface area contributed by atoms with Crippen LogP contribution in [-0.2, 0) is 4.79 Å². The van der Waals surface area contributed by atoms with E-state index in [2.05, 4.69) is 0 Å². The summed E-state index contributed by atoms with van der Waals surface area (Å²) in [6.07, 6.45) is 4.27. The van der Waals surface area contributed by atoms with Crippen LogP contribution in [0.2, 0.25) is 0 Å². The highest BCUT2D eigenvalue weighted by atomic mass is 19.1. The molecule has 2 fully saturated rings. The molecule has 1 spiro atoms. The smallest absolute Gasteiger partial charge is 0.341 e. The SMILES string of the molecule is CC1=CC(C)=C(C(=O)O)C2=N[N+]3(CN12)[C@H](C)CN(c1c(F)c(N)c2c(=O)c(C(=O)O)cn(C4CC4)c2c1F)C[C@@H]3C. The van der Waals surface area contributed by atoms with Crippen molar-refractivity contribution in [3.63, 3.8) is 0 Å². The third-order valence-electron chi connectivity index (χ3n) is 8.93. The van der Waals surface area contributed by atoms with E-state index in [1.807, 2.05) is 31.7 Å². The second-order valence-corrected chi connectivity index (χ2v) is 11.6. The van der Waals surface area contributed by atoms with Crippen molar-refractivity contribution in [1.82, 2.24) is 9.47 Å². The van der Waals surface area contributed by atoms with Crippen molar-refractivity contribution in [3.05, 3.63) is 56.5 Å². The normalized spacial score (nSPS) is 26.0. The van der Waals surface area contributed by atoms with Crippen LogP contribution in [0.3, 0.4) is 0 Å². The zero-order valence-electron chi connectivity index (χ0n) is 23.1. The minimum Gasteiger partial charge on any atom is -0.478 e. The first-order valence-corrected chi connectivity index (χ1v) is 13.5. The first-order valence-electron chi connectivity index (χ1n) is 13.5. The van der Waals surface area contributed by atoms with Crippen LogP contribution in [0.15, 0.2) is 39.0 Å². The van der Waals surface area contributed by atoms with Gasteiger partial charge in [0.2, 0.25) is 11.3 Å². The fourth-order valence-electron chi connectivity index (χ4n) is 6.63. The molecule has 0 amide bonds. The number of carbonyl (C=O) groups is 2. The molecule has 0 bridgehead atoms. The van der Waals surface area contributed by atoms with Crippen LogP contribution in [0.4, 0.5) is 20.2 Å². The van der Waals surface area contributed by atoms with Gasteiger partial charge in [-0.25, -0.2) is 18.4 Å². The topological polar surface area (TPSA) is 141 Å². The Morgan fingerprint density at radius 1 is 1.07 bits per heavy atom. The molecule has 4 aliphatic rings. The first kappa shape index (κ1) is 26.9. The minimum atomic E-state index is -1.49. The standard InChI is InChI=1S/C28H30F2N6O5/c1-12-7-13(2)35-11-36(32-26(35)18(12)28(40)41)14(3)8-33(9-15(36)4)24-20(29)22(31)19-23(21(24)30)34(16-5-6-16)10-17(25(19)37)27(38)39/h7,10,14-16H,5-6,8-9,11H2,1-4H3,(H3-,31,37,38,39,40,41)/p+1/t14-,15+,36?. The summed E-state index contributed by atoms with van der Waals surface area (Å²) in [5.41, 5.74) is 4.95. The van der Waals surface area contributed by atoms with Gasteiger partial charge in [0.05, 0.1) is 29.7 Å². The number of quaternary nitrogens is 1. The number of pyridine rings is 1. The number of aromatic carboxylic acids is 1. The van der Waals surface area contributed by atoms with Gasteiger partial charge in [0, 0.05) is 17.9 Å². The number of fused-ring (bicyclic) bond motifs is 2. The fourth-order valence-corrected chi connectivity index (χ4v) is 6.63. The number of nitrogens with two attached hydrogens (primary N) is 1. The van der Waals surface area contributed by atoms with Crippen molar-refractivity contribution in [2.75, 3.05) is 30.4 Å². The molecule has 1 aromatic heterocycles. The number of halogens is 2. The van der Waals surface area contributed by atoms with Crippen LogP contribution in [0.25, 0.3) is 10.9 Å². The third kappa shape index (κ3) is 3.71. The molecule has 1 saturated heterocycles. The molecule has 1 unspecified atom stereocenters. The van der Waals surface area contributed by atoms with E-state index >= 15 is 8.78 Å². The van der Waals surface area contributed by atoms with Gasteiger partial charge < -0.3 is 25.4 Å². The summed E-state index contributed by atoms with van der Waals surface area (Å²) in [6.45, 7) is 8.15. The van der Waals surface area contributed by atoms with Crippen molar-refractivity contribution in [2.24, 2.45) is 5.10 Å². The van der Waals surface area contributed by atoms with E-state index in [1.54, 1.807) is 11.8 Å². The van der Waals surface area contributed by atoms with Gasteiger partial charge in [-0.1, -0.05) is 5.10 Å². The summed E-state index contributed by atoms with van der Waals surface area (Å²) >= 11 is 0. The number of carboxylic acids is 2. The van der Waals surface area contributed by atoms with E-state index in [4.69, 9.17) is 10.8 Å². The molecule has 3 aliphatic heterocycles. The number of anilines is 2. The molecule has 13 heteroatoms. The average molecular weight is 570 g/mol. The second kappa shape index (κ2) is 8.87. The van der Waals surface area contributed by atoms with Crippen molar-refractivity contribution in [3.8, 4) is 0 Å². The van der Waals surface area contributed by atoms with Gasteiger partial charge >= 0.3 is 11.9 Å². The zero-order chi connectivity index (χ0) is 29.7. The van der Waals surface area contributed by atoms with E-state index in [-0.39, 0.29) is 52.6 Å². The van der Waals surface area contributed by atoms with E-state index in [0.717, 1.165) is 11.9 Å². The van der Waals surface area contributed by atoms with E-state index in [0.29, 0.717) is 30.9 Å². The molecule has 0 radical (unpaired) electrons. The number of carboxylic acid groups (broad SMARTS) is 2. The highest BCUT2D eigenvalue weighted by Gasteiger charge is 2.54. The monoisotopic (exact) mass is 569 g/mol. The summed E-state index contributed by atoms with van der Waals surface area (Å²) < 4.78 is 33.9. The summed E-state index contributed by atoms with van der Waals surface area (Å²) in [6, 6.07) is -0.836. The van der Waals surface area contributed by atoms with Crippen LogP contribution in [0, 0.1) is 11.6 Å². The molecule has 4 N–H and O–H groups in total. The number of amidine groups is 1. The maximum absolute atomic E-state index is 16.4. The van der Waals surface area contributed by atoms with Gasteiger partial charge in [-0.05, 0) is 52.2 Å². The molecule has 4 heterocycles. The maximum atomic E-state index is 16.4. The summed E-state index contributed by atoms with van der Waals surface area (Å²) in [4.78, 5) is 40.3. The van der Waals surface area contributed by atoms with Gasteiger partial charge in [-0.15, -0.1) is 0 Å². The lowest BCUT2D eigenvalue weighted by atomic mass is 10.0. The summed E-state index contributed by atoms with van der Waals surface area (Å²) in [5, 5.41) is 23.9. The molecule has 216 valence electrons. The molecule has 2 aromatic rings. The van der Waals surface area contributed by atoms with Gasteiger partial charge in [0.25, 0.3) is 0 Å². The minimum absolute atomic E-state index is 0.130. The Kier molecular flexibility index (Phi) is 5.83. The molecular weight excluding hydrogens is 538 g/mol. The summed E-state index contributed by atoms with van der Waals surface area (Å²) in [7, 11) is 0. The number of hydrogen-bond donors (Lipinski definition) is 3. The predicted molar refractivity (Wildman–Crippen MR) is 147 cm³/mol. The average Bonchev–Trinajstić information content (AvgIpc) is 3.65. The molecule has 1 aliphatic carbocycles. The number of allylic oxidation sites excluding steroid dienone is 3. The number of nitrogen functional groups attached to an aromatic ring is 1. The van der Waals surface area contributed by atoms with Crippen molar-refractivity contribution in [1.29, 1.82) is 0 Å². The molecule has 6 rings (SSSR count). The molecule has 1 aromatic carbocycles. The lowest BCUT2D eigenvalue weighted by molar-refractivity contribution is -0.977. The van der Waals surface area contributed by atoms with Crippen LogP contribution in [0.1, 0.15) is 56.9 Å². The van der Waals surface area contributed by atoms with Crippen LogP contribution >= 0.6 is 0 Å². The largest absolute Gasteiger partial charge is 0.478 e. The Morgan fingerprint density at radius 2 is 1.71 bits per heavy atom. The van der Waals surface area contributed by atoms with Gasteiger partial charge in [0.15, 0.2) is 18.3 Å². The Hall–Kier alpha value is -4.26. The number of benzene rings is 1. The Balaban J connectivity index is 1.45. The van der Waals surface area contributed by atoms with E-state index < -0.39 is 45.6 Å². The quantitative estimate of drug-likeness (QED) is 0.377. The van der Waals surface area contributed by atoms with Crippen LogP contribution in [-0.4, -0.2) is 73.9 Å². The first-order chi connectivity index (χ1) is 19.3. The Morgan fingerprint density at radius 3 is 2.27 bits per heavy atom. The lowest BCUT2D eigenvalue weighted by Gasteiger charge is -2.48. The molecular formula is C28H31F2N6O5+. The number of aromatic nitrogens is 1.